The molecule has 0 amide bonds. The van der Waals surface area contributed by atoms with E-state index in [9.17, 15) is 4.79 Å². The number of rotatable bonds is 3. The fourth-order valence-corrected chi connectivity index (χ4v) is 2.45. The van der Waals surface area contributed by atoms with Gasteiger partial charge in [-0.1, -0.05) is 11.6 Å². The molecule has 0 N–H and O–H groups in total. The first-order chi connectivity index (χ1) is 7.66. The molecule has 0 bridgehead atoms. The van der Waals surface area contributed by atoms with Gasteiger partial charge in [0.05, 0.1) is 0 Å². The molecule has 16 heavy (non-hydrogen) atoms. The smallest absolute Gasteiger partial charge is 0.254 e. The molecule has 0 aliphatic heterocycles. The zero-order chi connectivity index (χ0) is 11.5. The Labute approximate surface area is 102 Å². The standard InChI is InChI=1S/C11H11ClN2OS/c1-8-13-10(12)6-11(15)14(8)4-2-9-3-5-16-7-9/h3,5-7H,2,4H2,1H3. The van der Waals surface area contributed by atoms with Crippen molar-refractivity contribution in [3.05, 3.63) is 49.8 Å². The minimum atomic E-state index is -0.0901. The lowest BCUT2D eigenvalue weighted by Gasteiger charge is -2.07. The van der Waals surface area contributed by atoms with Gasteiger partial charge in [-0.25, -0.2) is 4.98 Å². The summed E-state index contributed by atoms with van der Waals surface area (Å²) >= 11 is 7.36. The van der Waals surface area contributed by atoms with Crippen molar-refractivity contribution in [2.75, 3.05) is 0 Å². The third kappa shape index (κ3) is 2.51. The molecule has 2 heterocycles. The first kappa shape index (κ1) is 11.4. The largest absolute Gasteiger partial charge is 0.296 e. The fourth-order valence-electron chi connectivity index (χ4n) is 1.53. The molecule has 3 nitrogen and oxygen atoms in total. The molecule has 2 aromatic heterocycles. The van der Waals surface area contributed by atoms with E-state index in [2.05, 4.69) is 16.4 Å². The Hall–Kier alpha value is -1.13. The minimum Gasteiger partial charge on any atom is -0.296 e. The number of thiophene rings is 1. The van der Waals surface area contributed by atoms with Crippen molar-refractivity contribution in [2.24, 2.45) is 0 Å². The average molecular weight is 255 g/mol. The molecule has 0 fully saturated rings. The highest BCUT2D eigenvalue weighted by Gasteiger charge is 2.04. The summed E-state index contributed by atoms with van der Waals surface area (Å²) in [5, 5.41) is 4.38. The van der Waals surface area contributed by atoms with Crippen LogP contribution in [0.2, 0.25) is 5.15 Å². The van der Waals surface area contributed by atoms with E-state index in [0.29, 0.717) is 12.4 Å². The summed E-state index contributed by atoms with van der Waals surface area (Å²) in [4.78, 5) is 15.7. The van der Waals surface area contributed by atoms with Crippen molar-refractivity contribution >= 4 is 22.9 Å². The lowest BCUT2D eigenvalue weighted by atomic mass is 10.2. The van der Waals surface area contributed by atoms with Crippen LogP contribution in [0.5, 0.6) is 0 Å². The average Bonchev–Trinajstić information content (AvgIpc) is 2.68. The summed E-state index contributed by atoms with van der Waals surface area (Å²) in [5.41, 5.74) is 1.15. The van der Waals surface area contributed by atoms with Gasteiger partial charge >= 0.3 is 0 Å². The molecule has 0 aliphatic rings. The van der Waals surface area contributed by atoms with Crippen LogP contribution in [-0.4, -0.2) is 9.55 Å². The van der Waals surface area contributed by atoms with Crippen LogP contribution in [0.4, 0.5) is 0 Å². The van der Waals surface area contributed by atoms with Crippen LogP contribution in [0, 0.1) is 6.92 Å². The van der Waals surface area contributed by atoms with Crippen LogP contribution in [0.15, 0.2) is 27.7 Å². The first-order valence-electron chi connectivity index (χ1n) is 4.92. The van der Waals surface area contributed by atoms with Crippen LogP contribution < -0.4 is 5.56 Å². The van der Waals surface area contributed by atoms with Gasteiger partial charge in [-0.15, -0.1) is 0 Å². The molecular formula is C11H11ClN2OS. The Kier molecular flexibility index (Phi) is 3.41. The van der Waals surface area contributed by atoms with Crippen LogP contribution in [0.3, 0.4) is 0 Å². The van der Waals surface area contributed by atoms with E-state index in [-0.39, 0.29) is 10.7 Å². The fraction of sp³-hybridized carbons (Fsp3) is 0.273. The first-order valence-corrected chi connectivity index (χ1v) is 6.24. The molecule has 0 saturated heterocycles. The molecule has 0 radical (unpaired) electrons. The van der Waals surface area contributed by atoms with Gasteiger partial charge in [0.1, 0.15) is 11.0 Å². The Balaban J connectivity index is 2.19. The number of aromatic nitrogens is 2. The maximum absolute atomic E-state index is 11.7. The van der Waals surface area contributed by atoms with E-state index in [1.165, 1.54) is 11.6 Å². The molecule has 84 valence electrons. The second-order valence-electron chi connectivity index (χ2n) is 3.50. The third-order valence-electron chi connectivity index (χ3n) is 2.37. The van der Waals surface area contributed by atoms with E-state index in [1.807, 2.05) is 5.38 Å². The highest BCUT2D eigenvalue weighted by molar-refractivity contribution is 7.07. The van der Waals surface area contributed by atoms with Crippen molar-refractivity contribution in [2.45, 2.75) is 19.9 Å². The summed E-state index contributed by atoms with van der Waals surface area (Å²) in [6.07, 6.45) is 0.841. The lowest BCUT2D eigenvalue weighted by Crippen LogP contribution is -2.23. The molecule has 0 spiro atoms. The Morgan fingerprint density at radius 3 is 3.00 bits per heavy atom. The van der Waals surface area contributed by atoms with Gasteiger partial charge < -0.3 is 0 Å². The monoisotopic (exact) mass is 254 g/mol. The van der Waals surface area contributed by atoms with Crippen molar-refractivity contribution in [3.8, 4) is 0 Å². The number of hydrogen-bond donors (Lipinski definition) is 0. The molecule has 2 rings (SSSR count). The van der Waals surface area contributed by atoms with Crippen LogP contribution in [-0.2, 0) is 13.0 Å². The summed E-state index contributed by atoms with van der Waals surface area (Å²) in [7, 11) is 0. The van der Waals surface area contributed by atoms with E-state index in [0.717, 1.165) is 6.42 Å². The number of nitrogens with zero attached hydrogens (tertiary/aromatic N) is 2. The van der Waals surface area contributed by atoms with Gasteiger partial charge in [-0.2, -0.15) is 11.3 Å². The molecule has 0 aromatic carbocycles. The summed E-state index contributed by atoms with van der Waals surface area (Å²) in [6.45, 7) is 2.44. The quantitative estimate of drug-likeness (QED) is 0.789. The predicted molar refractivity (Wildman–Crippen MR) is 66.3 cm³/mol. The zero-order valence-corrected chi connectivity index (χ0v) is 10.4. The highest BCUT2D eigenvalue weighted by atomic mass is 35.5. The predicted octanol–water partition coefficient (Wildman–Crippen LogP) is 2.51. The lowest BCUT2D eigenvalue weighted by molar-refractivity contribution is 0.630. The molecule has 5 heteroatoms. The Bertz CT molecular complexity index is 533. The SMILES string of the molecule is Cc1nc(Cl)cc(=O)n1CCc1ccsc1. The van der Waals surface area contributed by atoms with Crippen LogP contribution >= 0.6 is 22.9 Å². The van der Waals surface area contributed by atoms with E-state index in [1.54, 1.807) is 22.8 Å². The maximum atomic E-state index is 11.7. The van der Waals surface area contributed by atoms with E-state index >= 15 is 0 Å². The van der Waals surface area contributed by atoms with Gasteiger partial charge in [0.15, 0.2) is 0 Å². The molecule has 2 aromatic rings. The Morgan fingerprint density at radius 2 is 2.38 bits per heavy atom. The second kappa shape index (κ2) is 4.80. The molecule has 0 unspecified atom stereocenters. The van der Waals surface area contributed by atoms with E-state index in [4.69, 9.17) is 11.6 Å². The van der Waals surface area contributed by atoms with Crippen molar-refractivity contribution < 1.29 is 0 Å². The van der Waals surface area contributed by atoms with Gasteiger partial charge in [-0.05, 0) is 35.7 Å². The zero-order valence-electron chi connectivity index (χ0n) is 8.81. The Morgan fingerprint density at radius 1 is 1.56 bits per heavy atom. The summed E-state index contributed by atoms with van der Waals surface area (Å²) in [5.74, 6) is 0.660. The second-order valence-corrected chi connectivity index (χ2v) is 4.66. The summed E-state index contributed by atoms with van der Waals surface area (Å²) in [6, 6.07) is 3.41. The molecular weight excluding hydrogens is 244 g/mol. The normalized spacial score (nSPS) is 10.6. The van der Waals surface area contributed by atoms with Crippen LogP contribution in [0.25, 0.3) is 0 Å². The van der Waals surface area contributed by atoms with Crippen molar-refractivity contribution in [3.63, 3.8) is 0 Å². The number of hydrogen-bond acceptors (Lipinski definition) is 3. The number of halogens is 1. The van der Waals surface area contributed by atoms with Gasteiger partial charge in [0.25, 0.3) is 5.56 Å². The summed E-state index contributed by atoms with van der Waals surface area (Å²) < 4.78 is 1.64. The molecule has 0 aliphatic carbocycles. The topological polar surface area (TPSA) is 34.9 Å². The molecule has 0 atom stereocenters. The molecule has 0 saturated carbocycles. The number of aryl methyl sites for hydroxylation is 2. The van der Waals surface area contributed by atoms with Gasteiger partial charge in [0.2, 0.25) is 0 Å². The van der Waals surface area contributed by atoms with Crippen molar-refractivity contribution in [1.29, 1.82) is 0 Å². The van der Waals surface area contributed by atoms with E-state index < -0.39 is 0 Å². The van der Waals surface area contributed by atoms with Gasteiger partial charge in [-0.3, -0.25) is 9.36 Å². The third-order valence-corrected chi connectivity index (χ3v) is 3.30. The van der Waals surface area contributed by atoms with Crippen molar-refractivity contribution in [1.82, 2.24) is 9.55 Å². The minimum absolute atomic E-state index is 0.0901. The van der Waals surface area contributed by atoms with Gasteiger partial charge in [0, 0.05) is 12.6 Å². The van der Waals surface area contributed by atoms with Crippen LogP contribution in [0.1, 0.15) is 11.4 Å². The highest BCUT2D eigenvalue weighted by Crippen LogP contribution is 2.08. The maximum Gasteiger partial charge on any atom is 0.254 e.